The van der Waals surface area contributed by atoms with Crippen LogP contribution in [-0.2, 0) is 13.2 Å². The highest BCUT2D eigenvalue weighted by Gasteiger charge is 2.18. The molecule has 0 spiro atoms. The Morgan fingerprint density at radius 1 is 1.30 bits per heavy atom. The zero-order valence-electron chi connectivity index (χ0n) is 14.8. The highest BCUT2D eigenvalue weighted by Crippen LogP contribution is 2.29. The van der Waals surface area contributed by atoms with Crippen LogP contribution in [0.15, 0.2) is 47.4 Å². The van der Waals surface area contributed by atoms with Gasteiger partial charge in [0.1, 0.15) is 24.4 Å². The predicted molar refractivity (Wildman–Crippen MR) is 96.7 cm³/mol. The van der Waals surface area contributed by atoms with Crippen LogP contribution in [-0.4, -0.2) is 40.1 Å². The van der Waals surface area contributed by atoms with Gasteiger partial charge >= 0.3 is 0 Å². The number of amides is 1. The third kappa shape index (κ3) is 4.73. The first-order valence-electron chi connectivity index (χ1n) is 7.99. The summed E-state index contributed by atoms with van der Waals surface area (Å²) in [5.41, 5.74) is 0.910. The molecule has 0 aliphatic rings. The SMILES string of the molecule is COc1ccc(OCc2cc(C(=O)N(C)Cc3ccncn3)no2)c(Cl)c1. The molecule has 140 valence electrons. The van der Waals surface area contributed by atoms with Crippen molar-refractivity contribution in [3.8, 4) is 11.5 Å². The number of hydrogen-bond acceptors (Lipinski definition) is 7. The number of carbonyl (C=O) groups is 1. The van der Waals surface area contributed by atoms with Gasteiger partial charge in [-0.2, -0.15) is 0 Å². The molecule has 1 aromatic carbocycles. The maximum absolute atomic E-state index is 12.4. The molecule has 8 nitrogen and oxygen atoms in total. The first-order valence-corrected chi connectivity index (χ1v) is 8.37. The van der Waals surface area contributed by atoms with Crippen LogP contribution in [0.1, 0.15) is 21.9 Å². The summed E-state index contributed by atoms with van der Waals surface area (Å²) >= 11 is 6.13. The minimum atomic E-state index is -0.286. The van der Waals surface area contributed by atoms with Crippen LogP contribution >= 0.6 is 11.6 Å². The second-order valence-electron chi connectivity index (χ2n) is 5.63. The van der Waals surface area contributed by atoms with E-state index in [2.05, 4.69) is 15.1 Å². The third-order valence-electron chi connectivity index (χ3n) is 3.68. The topological polar surface area (TPSA) is 90.6 Å². The maximum atomic E-state index is 12.4. The molecule has 0 fully saturated rings. The summed E-state index contributed by atoms with van der Waals surface area (Å²) in [6, 6.07) is 8.35. The molecule has 0 saturated heterocycles. The summed E-state index contributed by atoms with van der Waals surface area (Å²) in [6.45, 7) is 0.420. The number of halogens is 1. The molecule has 0 radical (unpaired) electrons. The quantitative estimate of drug-likeness (QED) is 0.614. The summed E-state index contributed by atoms with van der Waals surface area (Å²) in [7, 11) is 3.22. The standard InChI is InChI=1S/C18H17ClN4O4/c1-23(9-12-5-6-20-11-21-12)18(24)16-8-14(27-22-16)10-26-17-4-3-13(25-2)7-15(17)19/h3-8,11H,9-10H2,1-2H3. The second kappa shape index (κ2) is 8.50. The van der Waals surface area contributed by atoms with E-state index in [0.717, 1.165) is 5.69 Å². The fraction of sp³-hybridized carbons (Fsp3) is 0.222. The molecule has 1 amide bonds. The van der Waals surface area contributed by atoms with E-state index in [4.69, 9.17) is 25.6 Å². The van der Waals surface area contributed by atoms with Crippen LogP contribution in [0.5, 0.6) is 11.5 Å². The number of nitrogens with zero attached hydrogens (tertiary/aromatic N) is 4. The molecule has 0 aliphatic heterocycles. The third-order valence-corrected chi connectivity index (χ3v) is 3.97. The lowest BCUT2D eigenvalue weighted by Gasteiger charge is -2.14. The lowest BCUT2D eigenvalue weighted by atomic mass is 10.3. The Morgan fingerprint density at radius 3 is 2.85 bits per heavy atom. The Bertz CT molecular complexity index is 917. The summed E-state index contributed by atoms with van der Waals surface area (Å²) < 4.78 is 15.9. The average molecular weight is 389 g/mol. The predicted octanol–water partition coefficient (Wildman–Crippen LogP) is 2.98. The maximum Gasteiger partial charge on any atom is 0.276 e. The van der Waals surface area contributed by atoms with Crippen LogP contribution in [0, 0.1) is 0 Å². The van der Waals surface area contributed by atoms with Crippen molar-refractivity contribution in [3.05, 3.63) is 65.0 Å². The van der Waals surface area contributed by atoms with Crippen molar-refractivity contribution in [2.24, 2.45) is 0 Å². The largest absolute Gasteiger partial charge is 0.497 e. The number of hydrogen-bond donors (Lipinski definition) is 0. The van der Waals surface area contributed by atoms with E-state index >= 15 is 0 Å². The van der Waals surface area contributed by atoms with Crippen molar-refractivity contribution in [3.63, 3.8) is 0 Å². The number of ether oxygens (including phenoxy) is 2. The van der Waals surface area contributed by atoms with Gasteiger partial charge in [-0.05, 0) is 18.2 Å². The second-order valence-corrected chi connectivity index (χ2v) is 6.03. The Hall–Kier alpha value is -3.13. The number of rotatable bonds is 7. The molecule has 27 heavy (non-hydrogen) atoms. The van der Waals surface area contributed by atoms with Crippen molar-refractivity contribution in [2.45, 2.75) is 13.2 Å². The molecule has 0 saturated carbocycles. The van der Waals surface area contributed by atoms with Gasteiger partial charge in [0.05, 0.1) is 24.4 Å². The van der Waals surface area contributed by atoms with Crippen LogP contribution in [0.4, 0.5) is 0 Å². The molecule has 3 rings (SSSR count). The van der Waals surface area contributed by atoms with E-state index in [-0.39, 0.29) is 18.2 Å². The summed E-state index contributed by atoms with van der Waals surface area (Å²) in [5, 5.41) is 4.22. The lowest BCUT2D eigenvalue weighted by molar-refractivity contribution is 0.0772. The Morgan fingerprint density at radius 2 is 2.15 bits per heavy atom. The van der Waals surface area contributed by atoms with E-state index in [1.807, 2.05) is 0 Å². The molecule has 2 heterocycles. The highest BCUT2D eigenvalue weighted by atomic mass is 35.5. The normalized spacial score (nSPS) is 10.5. The molecule has 2 aromatic heterocycles. The van der Waals surface area contributed by atoms with E-state index in [0.29, 0.717) is 28.8 Å². The number of methoxy groups -OCH3 is 1. The van der Waals surface area contributed by atoms with Gasteiger partial charge in [-0.3, -0.25) is 4.79 Å². The molecule has 9 heteroatoms. The minimum Gasteiger partial charge on any atom is -0.497 e. The van der Waals surface area contributed by atoms with Gasteiger partial charge in [0.25, 0.3) is 5.91 Å². The summed E-state index contributed by atoms with van der Waals surface area (Å²) in [4.78, 5) is 21.9. The lowest BCUT2D eigenvalue weighted by Crippen LogP contribution is -2.26. The van der Waals surface area contributed by atoms with Crippen molar-refractivity contribution in [1.29, 1.82) is 0 Å². The van der Waals surface area contributed by atoms with Crippen molar-refractivity contribution >= 4 is 17.5 Å². The van der Waals surface area contributed by atoms with E-state index < -0.39 is 0 Å². The molecular weight excluding hydrogens is 372 g/mol. The van der Waals surface area contributed by atoms with Gasteiger partial charge in [0, 0.05) is 25.4 Å². The summed E-state index contributed by atoms with van der Waals surface area (Å²) in [6.07, 6.45) is 3.06. The van der Waals surface area contributed by atoms with Gasteiger partial charge in [-0.25, -0.2) is 9.97 Å². The Labute approximate surface area is 160 Å². The molecule has 0 atom stereocenters. The fourth-order valence-corrected chi connectivity index (χ4v) is 2.50. The van der Waals surface area contributed by atoms with Crippen molar-refractivity contribution in [1.82, 2.24) is 20.0 Å². The van der Waals surface area contributed by atoms with E-state index in [1.54, 1.807) is 44.6 Å². The van der Waals surface area contributed by atoms with E-state index in [9.17, 15) is 4.79 Å². The number of benzene rings is 1. The smallest absolute Gasteiger partial charge is 0.276 e. The Kier molecular flexibility index (Phi) is 5.87. The zero-order chi connectivity index (χ0) is 19.2. The van der Waals surface area contributed by atoms with Crippen LogP contribution in [0.3, 0.4) is 0 Å². The van der Waals surface area contributed by atoms with Gasteiger partial charge < -0.3 is 18.9 Å². The van der Waals surface area contributed by atoms with Crippen LogP contribution in [0.2, 0.25) is 5.02 Å². The molecule has 3 aromatic rings. The number of carbonyl (C=O) groups excluding carboxylic acids is 1. The highest BCUT2D eigenvalue weighted by molar-refractivity contribution is 6.32. The van der Waals surface area contributed by atoms with Gasteiger partial charge in [-0.1, -0.05) is 16.8 Å². The molecule has 0 aliphatic carbocycles. The summed E-state index contributed by atoms with van der Waals surface area (Å²) in [5.74, 6) is 1.22. The van der Waals surface area contributed by atoms with Gasteiger partial charge in [0.15, 0.2) is 11.5 Å². The van der Waals surface area contributed by atoms with Gasteiger partial charge in [-0.15, -0.1) is 0 Å². The zero-order valence-corrected chi connectivity index (χ0v) is 15.5. The van der Waals surface area contributed by atoms with Crippen molar-refractivity contribution in [2.75, 3.05) is 14.2 Å². The van der Waals surface area contributed by atoms with E-state index in [1.165, 1.54) is 17.3 Å². The molecular formula is C18H17ClN4O4. The first-order chi connectivity index (χ1) is 13.1. The monoisotopic (exact) mass is 388 g/mol. The number of aromatic nitrogens is 3. The Balaban J connectivity index is 1.60. The molecule has 0 unspecified atom stereocenters. The molecule has 0 N–H and O–H groups in total. The van der Waals surface area contributed by atoms with Crippen LogP contribution < -0.4 is 9.47 Å². The average Bonchev–Trinajstić information content (AvgIpc) is 3.16. The van der Waals surface area contributed by atoms with Gasteiger partial charge in [0.2, 0.25) is 0 Å². The van der Waals surface area contributed by atoms with Crippen molar-refractivity contribution < 1.29 is 18.8 Å². The minimum absolute atomic E-state index is 0.0853. The van der Waals surface area contributed by atoms with Crippen LogP contribution in [0.25, 0.3) is 0 Å². The fourth-order valence-electron chi connectivity index (χ4n) is 2.28. The first kappa shape index (κ1) is 18.7. The molecule has 0 bridgehead atoms.